The van der Waals surface area contributed by atoms with Gasteiger partial charge in [-0.05, 0) is 25.7 Å². The van der Waals surface area contributed by atoms with Crippen LogP contribution in [0.5, 0.6) is 0 Å². The molecule has 0 unspecified atom stereocenters. The molecule has 0 bridgehead atoms. The zero-order valence-corrected chi connectivity index (χ0v) is 9.90. The van der Waals surface area contributed by atoms with Crippen molar-refractivity contribution in [2.24, 2.45) is 5.92 Å². The molecule has 1 saturated carbocycles. The molecule has 0 aromatic heterocycles. The van der Waals surface area contributed by atoms with Crippen LogP contribution >= 0.6 is 0 Å². The molecule has 0 aliphatic heterocycles. The van der Waals surface area contributed by atoms with Gasteiger partial charge in [0.05, 0.1) is 0 Å². The van der Waals surface area contributed by atoms with Gasteiger partial charge in [0, 0.05) is 0 Å². The van der Waals surface area contributed by atoms with Crippen LogP contribution in [0, 0.1) is 5.92 Å². The van der Waals surface area contributed by atoms with Crippen LogP contribution in [-0.4, -0.2) is 6.98 Å². The van der Waals surface area contributed by atoms with Crippen LogP contribution in [0.1, 0.15) is 19.8 Å². The van der Waals surface area contributed by atoms with Crippen LogP contribution < -0.4 is 51.4 Å². The first-order valence-electron chi connectivity index (χ1n) is 3.38. The Bertz CT molecular complexity index is 160. The number of allylic oxidation sites excluding steroid dienone is 1. The summed E-state index contributed by atoms with van der Waals surface area (Å²) in [6, 6.07) is 0. The van der Waals surface area contributed by atoms with E-state index in [0.717, 1.165) is 12.8 Å². The Balaban J connectivity index is 0.000001000. The van der Waals surface area contributed by atoms with Gasteiger partial charge in [0.1, 0.15) is 0 Å². The van der Waals surface area contributed by atoms with Crippen LogP contribution in [0.2, 0.25) is 0 Å². The van der Waals surface area contributed by atoms with Crippen molar-refractivity contribution in [3.63, 3.8) is 0 Å². The maximum atomic E-state index is 11.7. The molecule has 0 atom stereocenters. The van der Waals surface area contributed by atoms with E-state index in [1.807, 2.05) is 0 Å². The molecule has 0 spiro atoms. The maximum Gasteiger partial charge on any atom is 1.00 e. The SMILES string of the molecule is C/C(=C\[B-](F)(F)F)C1CC1.[K+]. The van der Waals surface area contributed by atoms with Crippen LogP contribution in [0.25, 0.3) is 0 Å². The molecule has 58 valence electrons. The van der Waals surface area contributed by atoms with Crippen LogP contribution in [0.3, 0.4) is 0 Å². The second-order valence-electron chi connectivity index (χ2n) is 2.81. The Morgan fingerprint density at radius 1 is 1.36 bits per heavy atom. The molecule has 0 saturated heterocycles. The Labute approximate surface area is 107 Å². The third-order valence-electron chi connectivity index (χ3n) is 1.67. The third-order valence-corrected chi connectivity index (χ3v) is 1.67. The normalized spacial score (nSPS) is 19.5. The molecule has 0 N–H and O–H groups in total. The van der Waals surface area contributed by atoms with Crippen molar-refractivity contribution in [1.29, 1.82) is 0 Å². The summed E-state index contributed by atoms with van der Waals surface area (Å²) in [5.74, 6) is 0.709. The monoisotopic (exact) mass is 188 g/mol. The van der Waals surface area contributed by atoms with E-state index in [2.05, 4.69) is 0 Å². The summed E-state index contributed by atoms with van der Waals surface area (Å²) in [5, 5.41) is 0. The van der Waals surface area contributed by atoms with Gasteiger partial charge in [-0.1, -0.05) is 0 Å². The number of hydrogen-bond donors (Lipinski definition) is 0. The van der Waals surface area contributed by atoms with Gasteiger partial charge in [0.25, 0.3) is 0 Å². The van der Waals surface area contributed by atoms with Gasteiger partial charge < -0.3 is 12.9 Å². The predicted molar refractivity (Wildman–Crippen MR) is 35.6 cm³/mol. The van der Waals surface area contributed by atoms with E-state index < -0.39 is 6.98 Å². The minimum atomic E-state index is -4.70. The van der Waals surface area contributed by atoms with Crippen molar-refractivity contribution in [3.8, 4) is 0 Å². The fourth-order valence-corrected chi connectivity index (χ4v) is 0.973. The van der Waals surface area contributed by atoms with Gasteiger partial charge in [-0.25, -0.2) is 0 Å². The summed E-state index contributed by atoms with van der Waals surface area (Å²) in [7, 11) is 0. The largest absolute Gasteiger partial charge is 1.00 e. The molecular formula is C6H9BF3K. The van der Waals surface area contributed by atoms with E-state index in [0.29, 0.717) is 11.5 Å². The summed E-state index contributed by atoms with van der Waals surface area (Å²) in [5.41, 5.74) is 0.507. The van der Waals surface area contributed by atoms with Gasteiger partial charge in [-0.3, -0.25) is 0 Å². The molecule has 1 fully saturated rings. The van der Waals surface area contributed by atoms with Gasteiger partial charge in [-0.2, -0.15) is 0 Å². The van der Waals surface area contributed by atoms with Crippen LogP contribution in [0.4, 0.5) is 12.9 Å². The van der Waals surface area contributed by atoms with E-state index in [9.17, 15) is 12.9 Å². The van der Waals surface area contributed by atoms with Crippen molar-refractivity contribution < 1.29 is 64.3 Å². The molecule has 0 heterocycles. The summed E-state index contributed by atoms with van der Waals surface area (Å²) < 4.78 is 35.0. The second-order valence-corrected chi connectivity index (χ2v) is 2.81. The number of halogens is 3. The number of rotatable bonds is 2. The van der Waals surface area contributed by atoms with Gasteiger partial charge in [0.15, 0.2) is 0 Å². The molecule has 0 aromatic rings. The maximum absolute atomic E-state index is 11.7. The van der Waals surface area contributed by atoms with Gasteiger partial charge in [0.2, 0.25) is 0 Å². The first kappa shape index (κ1) is 12.2. The molecule has 11 heavy (non-hydrogen) atoms. The zero-order valence-electron chi connectivity index (χ0n) is 6.78. The van der Waals surface area contributed by atoms with E-state index in [4.69, 9.17) is 0 Å². The average molecular weight is 188 g/mol. The fourth-order valence-electron chi connectivity index (χ4n) is 0.973. The third kappa shape index (κ3) is 5.47. The standard InChI is InChI=1S/C6H9BF3.K/c1-5(6-2-3-6)4-7(8,9)10;/h4,6H,2-3H2,1H3;/q-1;+1/b5-4+;. The quantitative estimate of drug-likeness (QED) is 0.523. The zero-order chi connectivity index (χ0) is 7.78. The van der Waals surface area contributed by atoms with Crippen LogP contribution in [0.15, 0.2) is 11.5 Å². The van der Waals surface area contributed by atoms with Crippen molar-refractivity contribution >= 4 is 6.98 Å². The smallest absolute Gasteiger partial charge is 0.445 e. The van der Waals surface area contributed by atoms with E-state index in [1.165, 1.54) is 0 Å². The molecular weight excluding hydrogens is 179 g/mol. The van der Waals surface area contributed by atoms with Crippen molar-refractivity contribution in [2.75, 3.05) is 0 Å². The van der Waals surface area contributed by atoms with Crippen LogP contribution in [-0.2, 0) is 0 Å². The van der Waals surface area contributed by atoms with E-state index in [-0.39, 0.29) is 57.3 Å². The molecule has 0 radical (unpaired) electrons. The Morgan fingerprint density at radius 3 is 2.09 bits per heavy atom. The average Bonchev–Trinajstić information content (AvgIpc) is 2.35. The topological polar surface area (TPSA) is 0 Å². The molecule has 0 nitrogen and oxygen atoms in total. The van der Waals surface area contributed by atoms with Crippen molar-refractivity contribution in [1.82, 2.24) is 0 Å². The molecule has 1 aliphatic rings. The Morgan fingerprint density at radius 2 is 1.82 bits per heavy atom. The first-order valence-corrected chi connectivity index (χ1v) is 3.38. The number of hydrogen-bond acceptors (Lipinski definition) is 0. The van der Waals surface area contributed by atoms with E-state index >= 15 is 0 Å². The first-order chi connectivity index (χ1) is 4.49. The molecule has 1 rings (SSSR count). The molecule has 5 heteroatoms. The van der Waals surface area contributed by atoms with Crippen molar-refractivity contribution in [2.45, 2.75) is 19.8 Å². The summed E-state index contributed by atoms with van der Waals surface area (Å²) in [6.07, 6.45) is 1.88. The second kappa shape index (κ2) is 4.46. The minimum Gasteiger partial charge on any atom is -0.445 e. The van der Waals surface area contributed by atoms with Gasteiger partial charge in [-0.15, -0.1) is 11.5 Å². The summed E-state index contributed by atoms with van der Waals surface area (Å²) >= 11 is 0. The van der Waals surface area contributed by atoms with E-state index in [1.54, 1.807) is 6.92 Å². The summed E-state index contributed by atoms with van der Waals surface area (Å²) in [4.78, 5) is 0. The molecule has 0 aromatic carbocycles. The Hall–Kier alpha value is 1.23. The van der Waals surface area contributed by atoms with Crippen molar-refractivity contribution in [3.05, 3.63) is 11.5 Å². The Kier molecular flexibility index (Phi) is 4.96. The minimum absolute atomic E-state index is 0. The summed E-state index contributed by atoms with van der Waals surface area (Å²) in [6.45, 7) is -3.13. The molecule has 1 aliphatic carbocycles. The van der Waals surface area contributed by atoms with Gasteiger partial charge >= 0.3 is 58.4 Å². The predicted octanol–water partition coefficient (Wildman–Crippen LogP) is -0.267. The fraction of sp³-hybridized carbons (Fsp3) is 0.667. The molecule has 0 amide bonds.